The highest BCUT2D eigenvalue weighted by molar-refractivity contribution is 5.94. The first-order valence-corrected chi connectivity index (χ1v) is 9.10. The smallest absolute Gasteiger partial charge is 0.251 e. The van der Waals surface area contributed by atoms with E-state index in [0.29, 0.717) is 11.5 Å². The van der Waals surface area contributed by atoms with Gasteiger partial charge >= 0.3 is 0 Å². The lowest BCUT2D eigenvalue weighted by molar-refractivity contribution is 0.0929. The molecule has 142 valence electrons. The van der Waals surface area contributed by atoms with Gasteiger partial charge in [-0.25, -0.2) is 4.98 Å². The molecular weight excluding hydrogens is 340 g/mol. The lowest BCUT2D eigenvalue weighted by Gasteiger charge is -2.20. The average molecular weight is 366 g/mol. The minimum absolute atomic E-state index is 0.113. The van der Waals surface area contributed by atoms with Crippen molar-refractivity contribution in [2.24, 2.45) is 20.0 Å². The van der Waals surface area contributed by atoms with Crippen LogP contribution in [0.3, 0.4) is 0 Å². The number of amides is 1. The molecular formula is C20H26N6O. The number of benzene rings is 1. The van der Waals surface area contributed by atoms with Crippen LogP contribution < -0.4 is 5.32 Å². The Morgan fingerprint density at radius 1 is 1.19 bits per heavy atom. The van der Waals surface area contributed by atoms with Crippen molar-refractivity contribution < 1.29 is 4.79 Å². The highest BCUT2D eigenvalue weighted by Gasteiger charge is 2.21. The van der Waals surface area contributed by atoms with E-state index in [1.54, 1.807) is 9.36 Å². The fourth-order valence-electron chi connectivity index (χ4n) is 3.25. The molecule has 3 aromatic rings. The Balaban J connectivity index is 1.78. The molecule has 0 radical (unpaired) electrons. The molecule has 1 N–H and O–H groups in total. The second kappa shape index (κ2) is 7.73. The first-order chi connectivity index (χ1) is 12.8. The van der Waals surface area contributed by atoms with Gasteiger partial charge in [0.05, 0.1) is 11.7 Å². The van der Waals surface area contributed by atoms with Crippen molar-refractivity contribution in [1.82, 2.24) is 29.9 Å². The second-order valence-corrected chi connectivity index (χ2v) is 7.28. The molecule has 0 aliphatic carbocycles. The monoisotopic (exact) mass is 366 g/mol. The van der Waals surface area contributed by atoms with Crippen molar-refractivity contribution in [3.8, 4) is 11.1 Å². The molecule has 0 saturated carbocycles. The first kappa shape index (κ1) is 18.8. The molecule has 0 fully saturated rings. The molecule has 1 aromatic carbocycles. The Hall–Kier alpha value is -2.96. The number of aryl methyl sites for hydroxylation is 3. The second-order valence-electron chi connectivity index (χ2n) is 7.28. The van der Waals surface area contributed by atoms with E-state index in [9.17, 15) is 4.79 Å². The van der Waals surface area contributed by atoms with Gasteiger partial charge in [-0.05, 0) is 37.0 Å². The van der Waals surface area contributed by atoms with Gasteiger partial charge in [0.15, 0.2) is 0 Å². The molecule has 2 heterocycles. The Morgan fingerprint density at radius 3 is 2.41 bits per heavy atom. The largest absolute Gasteiger partial charge is 0.342 e. The molecule has 1 atom stereocenters. The molecule has 0 spiro atoms. The normalized spacial score (nSPS) is 12.4. The maximum absolute atomic E-state index is 12.8. The van der Waals surface area contributed by atoms with Gasteiger partial charge in [0.2, 0.25) is 0 Å². The van der Waals surface area contributed by atoms with E-state index < -0.39 is 0 Å². The maximum Gasteiger partial charge on any atom is 0.251 e. The SMILES string of the molecule is Cc1nn(C)cc1-c1ccc(C(=O)NC(CC(C)C)c2ncnn2C)cc1. The molecule has 3 rings (SSSR count). The van der Waals surface area contributed by atoms with Crippen molar-refractivity contribution in [3.05, 3.63) is 53.9 Å². The molecule has 0 aliphatic rings. The van der Waals surface area contributed by atoms with Gasteiger partial charge in [-0.2, -0.15) is 10.2 Å². The summed E-state index contributed by atoms with van der Waals surface area (Å²) in [5.74, 6) is 1.07. The molecule has 2 aromatic heterocycles. The van der Waals surface area contributed by atoms with Crippen LogP contribution in [-0.4, -0.2) is 30.5 Å². The van der Waals surface area contributed by atoms with Gasteiger partial charge in [0.1, 0.15) is 12.2 Å². The topological polar surface area (TPSA) is 77.6 Å². The zero-order valence-corrected chi connectivity index (χ0v) is 16.5. The molecule has 0 saturated heterocycles. The van der Waals surface area contributed by atoms with E-state index in [2.05, 4.69) is 34.3 Å². The lowest BCUT2D eigenvalue weighted by atomic mass is 10.0. The summed E-state index contributed by atoms with van der Waals surface area (Å²) in [5, 5.41) is 11.6. The number of hydrogen-bond acceptors (Lipinski definition) is 4. The third-order valence-corrected chi connectivity index (χ3v) is 4.54. The van der Waals surface area contributed by atoms with Gasteiger partial charge < -0.3 is 5.32 Å². The number of nitrogens with one attached hydrogen (secondary N) is 1. The summed E-state index contributed by atoms with van der Waals surface area (Å²) >= 11 is 0. The average Bonchev–Trinajstić information content (AvgIpc) is 3.18. The van der Waals surface area contributed by atoms with E-state index >= 15 is 0 Å². The summed E-state index contributed by atoms with van der Waals surface area (Å²) < 4.78 is 3.50. The van der Waals surface area contributed by atoms with Crippen LogP contribution >= 0.6 is 0 Å². The third-order valence-electron chi connectivity index (χ3n) is 4.54. The minimum atomic E-state index is -0.176. The number of carbonyl (C=O) groups is 1. The van der Waals surface area contributed by atoms with Crippen molar-refractivity contribution in [2.75, 3.05) is 0 Å². The van der Waals surface area contributed by atoms with Crippen molar-refractivity contribution in [1.29, 1.82) is 0 Å². The maximum atomic E-state index is 12.8. The van der Waals surface area contributed by atoms with E-state index in [-0.39, 0.29) is 11.9 Å². The van der Waals surface area contributed by atoms with E-state index in [4.69, 9.17) is 0 Å². The van der Waals surface area contributed by atoms with Crippen LogP contribution in [0, 0.1) is 12.8 Å². The molecule has 1 unspecified atom stereocenters. The standard InChI is InChI=1S/C20H26N6O/c1-13(2)10-18(19-21-12-22-26(19)5)23-20(27)16-8-6-15(7-9-16)17-11-25(4)24-14(17)3/h6-9,11-13,18H,10H2,1-5H3,(H,23,27). The Morgan fingerprint density at radius 2 is 1.89 bits per heavy atom. The van der Waals surface area contributed by atoms with Gasteiger partial charge in [-0.1, -0.05) is 26.0 Å². The van der Waals surface area contributed by atoms with E-state index in [1.807, 2.05) is 51.5 Å². The van der Waals surface area contributed by atoms with Crippen LogP contribution in [0.1, 0.15) is 48.2 Å². The first-order valence-electron chi connectivity index (χ1n) is 9.10. The number of rotatable bonds is 6. The van der Waals surface area contributed by atoms with Crippen molar-refractivity contribution in [3.63, 3.8) is 0 Å². The lowest BCUT2D eigenvalue weighted by Crippen LogP contribution is -2.31. The third kappa shape index (κ3) is 4.24. The Labute approximate surface area is 159 Å². The van der Waals surface area contributed by atoms with Crippen molar-refractivity contribution >= 4 is 5.91 Å². The summed E-state index contributed by atoms with van der Waals surface area (Å²) in [7, 11) is 3.74. The fourth-order valence-corrected chi connectivity index (χ4v) is 3.25. The highest BCUT2D eigenvalue weighted by atomic mass is 16.1. The molecule has 0 bridgehead atoms. The molecule has 27 heavy (non-hydrogen) atoms. The molecule has 1 amide bonds. The van der Waals surface area contributed by atoms with Crippen LogP contribution in [0.15, 0.2) is 36.8 Å². The van der Waals surface area contributed by atoms with Gasteiger partial charge in [-0.3, -0.25) is 14.2 Å². The Kier molecular flexibility index (Phi) is 5.39. The number of aromatic nitrogens is 5. The van der Waals surface area contributed by atoms with E-state index in [1.165, 1.54) is 6.33 Å². The fraction of sp³-hybridized carbons (Fsp3) is 0.400. The van der Waals surface area contributed by atoms with Gasteiger partial charge in [0, 0.05) is 31.4 Å². The quantitative estimate of drug-likeness (QED) is 0.727. The van der Waals surface area contributed by atoms with Crippen LogP contribution in [0.4, 0.5) is 0 Å². The molecule has 7 heteroatoms. The van der Waals surface area contributed by atoms with Crippen LogP contribution in [-0.2, 0) is 14.1 Å². The Bertz CT molecular complexity index is 922. The summed E-state index contributed by atoms with van der Waals surface area (Å²) in [4.78, 5) is 17.1. The highest BCUT2D eigenvalue weighted by Crippen LogP contribution is 2.23. The van der Waals surface area contributed by atoms with Crippen LogP contribution in [0.5, 0.6) is 0 Å². The van der Waals surface area contributed by atoms with Crippen LogP contribution in [0.2, 0.25) is 0 Å². The zero-order valence-electron chi connectivity index (χ0n) is 16.5. The van der Waals surface area contributed by atoms with Gasteiger partial charge in [0.25, 0.3) is 5.91 Å². The van der Waals surface area contributed by atoms with E-state index in [0.717, 1.165) is 29.1 Å². The number of nitrogens with zero attached hydrogens (tertiary/aromatic N) is 5. The summed E-state index contributed by atoms with van der Waals surface area (Å²) in [6.45, 7) is 6.23. The number of hydrogen-bond donors (Lipinski definition) is 1. The van der Waals surface area contributed by atoms with Gasteiger partial charge in [-0.15, -0.1) is 0 Å². The predicted octanol–water partition coefficient (Wildman–Crippen LogP) is 3.04. The summed E-state index contributed by atoms with van der Waals surface area (Å²) in [5.41, 5.74) is 3.70. The van der Waals surface area contributed by atoms with Crippen LogP contribution in [0.25, 0.3) is 11.1 Å². The molecule has 7 nitrogen and oxygen atoms in total. The predicted molar refractivity (Wildman–Crippen MR) is 104 cm³/mol. The zero-order chi connectivity index (χ0) is 19.6. The summed E-state index contributed by atoms with van der Waals surface area (Å²) in [6, 6.07) is 7.43. The summed E-state index contributed by atoms with van der Waals surface area (Å²) in [6.07, 6.45) is 4.29. The van der Waals surface area contributed by atoms with Crippen molar-refractivity contribution in [2.45, 2.75) is 33.2 Å². The number of carbonyl (C=O) groups excluding carboxylic acids is 1. The minimum Gasteiger partial charge on any atom is -0.342 e. The molecule has 0 aliphatic heterocycles.